The molecule has 0 amide bonds. The van der Waals surface area contributed by atoms with E-state index in [4.69, 9.17) is 17.0 Å². The van der Waals surface area contributed by atoms with Gasteiger partial charge in [0.25, 0.3) is 0 Å². The van der Waals surface area contributed by atoms with E-state index in [9.17, 15) is 0 Å². The molecule has 0 spiro atoms. The zero-order valence-electron chi connectivity index (χ0n) is 12.3. The summed E-state index contributed by atoms with van der Waals surface area (Å²) in [6, 6.07) is 23.8. The Labute approximate surface area is 135 Å². The molecule has 0 fully saturated rings. The van der Waals surface area contributed by atoms with Crippen LogP contribution in [0.5, 0.6) is 0 Å². The first kappa shape index (κ1) is 14.6. The summed E-state index contributed by atoms with van der Waals surface area (Å²) in [7, 11) is 0. The Morgan fingerprint density at radius 2 is 1.45 bits per heavy atom. The smallest absolute Gasteiger partial charge is 0.0690 e. The Morgan fingerprint density at radius 3 is 2.14 bits per heavy atom. The van der Waals surface area contributed by atoms with Crippen LogP contribution >= 0.6 is 11.6 Å². The molecule has 0 radical (unpaired) electrons. The van der Waals surface area contributed by atoms with Gasteiger partial charge in [0.2, 0.25) is 0 Å². The summed E-state index contributed by atoms with van der Waals surface area (Å²) in [5, 5.41) is 9.27. The fourth-order valence-electron chi connectivity index (χ4n) is 2.46. The number of rotatable bonds is 3. The molecule has 3 aromatic rings. The van der Waals surface area contributed by atoms with Gasteiger partial charge in [0.15, 0.2) is 0 Å². The Hall–Kier alpha value is -2.38. The minimum absolute atomic E-state index is 0.533. The monoisotopic (exact) mass is 305 g/mol. The third-order valence-corrected chi connectivity index (χ3v) is 3.94. The molecule has 0 saturated carbocycles. The minimum Gasteiger partial charge on any atom is -0.300 e. The average molecular weight is 306 g/mol. The van der Waals surface area contributed by atoms with Crippen molar-refractivity contribution in [1.82, 2.24) is 0 Å². The fourth-order valence-corrected chi connectivity index (χ4v) is 2.58. The Morgan fingerprint density at radius 1 is 0.818 bits per heavy atom. The Kier molecular flexibility index (Phi) is 4.08. The van der Waals surface area contributed by atoms with Gasteiger partial charge in [-0.25, -0.2) is 0 Å². The van der Waals surface area contributed by atoms with Crippen LogP contribution < -0.4 is 0 Å². The summed E-state index contributed by atoms with van der Waals surface area (Å²) in [4.78, 5) is 0. The van der Waals surface area contributed by atoms with Gasteiger partial charge in [0.1, 0.15) is 0 Å². The summed E-state index contributed by atoms with van der Waals surface area (Å²) in [5.74, 6) is 0. The van der Waals surface area contributed by atoms with E-state index < -0.39 is 0 Å². The number of nitrogens with one attached hydrogen (secondary N) is 1. The summed E-state index contributed by atoms with van der Waals surface area (Å²) < 4.78 is 0. The van der Waals surface area contributed by atoms with Crippen molar-refractivity contribution < 1.29 is 0 Å². The molecular weight excluding hydrogens is 290 g/mol. The van der Waals surface area contributed by atoms with E-state index in [2.05, 4.69) is 6.92 Å². The molecule has 0 bridgehead atoms. The van der Waals surface area contributed by atoms with Crippen molar-refractivity contribution in [3.05, 3.63) is 94.5 Å². The van der Waals surface area contributed by atoms with Crippen molar-refractivity contribution in [2.24, 2.45) is 0 Å². The summed E-state index contributed by atoms with van der Waals surface area (Å²) in [5.41, 5.74) is 5.69. The number of hydrogen-bond acceptors (Lipinski definition) is 1. The maximum Gasteiger partial charge on any atom is 0.0690 e. The van der Waals surface area contributed by atoms with Crippen LogP contribution in [-0.2, 0) is 0 Å². The molecule has 22 heavy (non-hydrogen) atoms. The number of aryl methyl sites for hydroxylation is 1. The first-order chi connectivity index (χ1) is 10.6. The third-order valence-electron chi connectivity index (χ3n) is 3.69. The second-order valence-electron chi connectivity index (χ2n) is 5.29. The van der Waals surface area contributed by atoms with Crippen molar-refractivity contribution in [2.75, 3.05) is 0 Å². The molecule has 1 nitrogen and oxygen atoms in total. The fraction of sp³-hybridized carbons (Fsp3) is 0.0500. The Bertz CT molecular complexity index is 802. The molecule has 0 saturated heterocycles. The van der Waals surface area contributed by atoms with Gasteiger partial charge in [-0.15, -0.1) is 0 Å². The predicted molar refractivity (Wildman–Crippen MR) is 94.0 cm³/mol. The maximum absolute atomic E-state index is 8.55. The average Bonchev–Trinajstić information content (AvgIpc) is 2.56. The molecule has 0 aliphatic carbocycles. The van der Waals surface area contributed by atoms with Crippen LogP contribution in [0, 0.1) is 12.3 Å². The largest absolute Gasteiger partial charge is 0.300 e. The molecule has 0 atom stereocenters. The molecular formula is C20H16ClN. The second kappa shape index (κ2) is 6.17. The van der Waals surface area contributed by atoms with E-state index in [1.54, 1.807) is 0 Å². The van der Waals surface area contributed by atoms with E-state index in [1.807, 2.05) is 72.8 Å². The highest BCUT2D eigenvalue weighted by Crippen LogP contribution is 2.27. The van der Waals surface area contributed by atoms with Crippen LogP contribution in [-0.4, -0.2) is 5.71 Å². The van der Waals surface area contributed by atoms with E-state index in [0.29, 0.717) is 5.71 Å². The van der Waals surface area contributed by atoms with Crippen molar-refractivity contribution in [1.29, 1.82) is 5.41 Å². The van der Waals surface area contributed by atoms with Crippen LogP contribution in [0.15, 0.2) is 72.8 Å². The summed E-state index contributed by atoms with van der Waals surface area (Å²) in [6.07, 6.45) is 0. The van der Waals surface area contributed by atoms with Gasteiger partial charge in [-0.05, 0) is 30.2 Å². The van der Waals surface area contributed by atoms with Crippen molar-refractivity contribution in [3.8, 4) is 11.1 Å². The SMILES string of the molecule is Cc1ccc(C(=N)c2ccccc2-c2ccc(Cl)cc2)cc1. The molecule has 0 aromatic heterocycles. The van der Waals surface area contributed by atoms with Crippen molar-refractivity contribution in [3.63, 3.8) is 0 Å². The predicted octanol–water partition coefficient (Wildman–Crippen LogP) is 5.73. The minimum atomic E-state index is 0.533. The van der Waals surface area contributed by atoms with E-state index in [0.717, 1.165) is 27.3 Å². The highest BCUT2D eigenvalue weighted by Gasteiger charge is 2.11. The van der Waals surface area contributed by atoms with Crippen LogP contribution in [0.3, 0.4) is 0 Å². The molecule has 3 rings (SSSR count). The van der Waals surface area contributed by atoms with Gasteiger partial charge in [0, 0.05) is 16.1 Å². The van der Waals surface area contributed by atoms with Gasteiger partial charge >= 0.3 is 0 Å². The quantitative estimate of drug-likeness (QED) is 0.597. The summed E-state index contributed by atoms with van der Waals surface area (Å²) >= 11 is 5.97. The number of benzene rings is 3. The molecule has 108 valence electrons. The molecule has 2 heteroatoms. The van der Waals surface area contributed by atoms with Crippen LogP contribution in [0.1, 0.15) is 16.7 Å². The maximum atomic E-state index is 8.55. The third kappa shape index (κ3) is 2.95. The molecule has 1 N–H and O–H groups in total. The molecule has 0 aliphatic heterocycles. The molecule has 3 aromatic carbocycles. The van der Waals surface area contributed by atoms with Crippen LogP contribution in [0.4, 0.5) is 0 Å². The zero-order valence-corrected chi connectivity index (χ0v) is 13.1. The van der Waals surface area contributed by atoms with E-state index >= 15 is 0 Å². The van der Waals surface area contributed by atoms with Gasteiger partial charge in [-0.1, -0.05) is 77.8 Å². The summed E-state index contributed by atoms with van der Waals surface area (Å²) in [6.45, 7) is 2.05. The van der Waals surface area contributed by atoms with E-state index in [1.165, 1.54) is 5.56 Å². The lowest BCUT2D eigenvalue weighted by molar-refractivity contribution is 1.42. The van der Waals surface area contributed by atoms with Gasteiger partial charge in [-0.2, -0.15) is 0 Å². The molecule has 0 unspecified atom stereocenters. The van der Waals surface area contributed by atoms with Crippen LogP contribution in [0.25, 0.3) is 11.1 Å². The number of hydrogen-bond donors (Lipinski definition) is 1. The van der Waals surface area contributed by atoms with Crippen molar-refractivity contribution >= 4 is 17.3 Å². The van der Waals surface area contributed by atoms with Crippen LogP contribution in [0.2, 0.25) is 5.02 Å². The zero-order chi connectivity index (χ0) is 15.5. The lowest BCUT2D eigenvalue weighted by atomic mass is 9.93. The van der Waals surface area contributed by atoms with Gasteiger partial charge < -0.3 is 0 Å². The lowest BCUT2D eigenvalue weighted by Crippen LogP contribution is -2.03. The normalized spacial score (nSPS) is 10.5. The highest BCUT2D eigenvalue weighted by molar-refractivity contribution is 6.30. The first-order valence-corrected chi connectivity index (χ1v) is 7.54. The highest BCUT2D eigenvalue weighted by atomic mass is 35.5. The Balaban J connectivity index is 2.06. The topological polar surface area (TPSA) is 23.9 Å². The van der Waals surface area contributed by atoms with Gasteiger partial charge in [0.05, 0.1) is 5.71 Å². The lowest BCUT2D eigenvalue weighted by Gasteiger charge is -2.11. The first-order valence-electron chi connectivity index (χ1n) is 7.16. The second-order valence-corrected chi connectivity index (χ2v) is 5.73. The van der Waals surface area contributed by atoms with E-state index in [-0.39, 0.29) is 0 Å². The van der Waals surface area contributed by atoms with Crippen molar-refractivity contribution in [2.45, 2.75) is 6.92 Å². The van der Waals surface area contributed by atoms with Gasteiger partial charge in [-0.3, -0.25) is 5.41 Å². The molecule has 0 aliphatic rings. The number of halogens is 1. The standard InChI is InChI=1S/C20H16ClN/c1-14-6-8-16(9-7-14)20(22)19-5-3-2-4-18(19)15-10-12-17(21)13-11-15/h2-13,22H,1H3. The molecule has 0 heterocycles.